The lowest BCUT2D eigenvalue weighted by atomic mass is 10.2. The molecule has 0 spiro atoms. The van der Waals surface area contributed by atoms with Gasteiger partial charge in [0.25, 0.3) is 0 Å². The second-order valence-electron chi connectivity index (χ2n) is 2.14. The highest BCUT2D eigenvalue weighted by Gasteiger charge is 1.98. The number of rotatable bonds is 4. The van der Waals surface area contributed by atoms with Crippen molar-refractivity contribution in [2.24, 2.45) is 0 Å². The molecule has 0 saturated heterocycles. The molecule has 0 unspecified atom stereocenters. The Morgan fingerprint density at radius 3 is 2.58 bits per heavy atom. The monoisotopic (exact) mass is 231 g/mol. The van der Waals surface area contributed by atoms with E-state index in [1.165, 1.54) is 13.0 Å². The molecule has 66 valence electrons. The lowest BCUT2D eigenvalue weighted by Gasteiger charge is -1.90. The SMILES string of the molecule is C=C/C(=C\C=C(/C)[N+](=O)[O-])CBr. The average molecular weight is 232 g/mol. The molecule has 0 atom stereocenters. The number of hydrogen-bond acceptors (Lipinski definition) is 2. The maximum absolute atomic E-state index is 10.2. The van der Waals surface area contributed by atoms with Crippen LogP contribution in [0.5, 0.6) is 0 Å². The molecular weight excluding hydrogens is 222 g/mol. The first-order chi connectivity index (χ1) is 5.61. The Balaban J connectivity index is 4.44. The Labute approximate surface area is 79.7 Å². The van der Waals surface area contributed by atoms with Crippen molar-refractivity contribution in [3.8, 4) is 0 Å². The number of allylic oxidation sites excluding steroid dienone is 5. The van der Waals surface area contributed by atoms with Crippen molar-refractivity contribution < 1.29 is 4.92 Å². The van der Waals surface area contributed by atoms with E-state index >= 15 is 0 Å². The molecule has 0 bridgehead atoms. The molecule has 0 heterocycles. The van der Waals surface area contributed by atoms with Gasteiger partial charge in [0.2, 0.25) is 5.70 Å². The fraction of sp³-hybridized carbons (Fsp3) is 0.250. The molecule has 0 aliphatic heterocycles. The zero-order valence-corrected chi connectivity index (χ0v) is 8.37. The molecule has 0 fully saturated rings. The maximum Gasteiger partial charge on any atom is 0.243 e. The number of hydrogen-bond donors (Lipinski definition) is 0. The second-order valence-corrected chi connectivity index (χ2v) is 2.71. The molecule has 0 saturated carbocycles. The summed E-state index contributed by atoms with van der Waals surface area (Å²) in [6.07, 6.45) is 4.77. The summed E-state index contributed by atoms with van der Waals surface area (Å²) in [5.41, 5.74) is 1.03. The topological polar surface area (TPSA) is 43.1 Å². The smallest absolute Gasteiger partial charge is 0.243 e. The van der Waals surface area contributed by atoms with Crippen LogP contribution in [0.1, 0.15) is 6.92 Å². The van der Waals surface area contributed by atoms with Gasteiger partial charge in [-0.2, -0.15) is 0 Å². The average Bonchev–Trinajstić information content (AvgIpc) is 2.05. The predicted molar refractivity (Wildman–Crippen MR) is 52.8 cm³/mol. The van der Waals surface area contributed by atoms with Crippen LogP contribution in [0.3, 0.4) is 0 Å². The summed E-state index contributed by atoms with van der Waals surface area (Å²) in [6.45, 7) is 5.01. The quantitative estimate of drug-likeness (QED) is 0.323. The van der Waals surface area contributed by atoms with Crippen molar-refractivity contribution in [1.29, 1.82) is 0 Å². The van der Waals surface area contributed by atoms with Crippen molar-refractivity contribution in [3.05, 3.63) is 46.2 Å². The highest BCUT2D eigenvalue weighted by Crippen LogP contribution is 2.02. The Hall–Kier alpha value is -0.900. The van der Waals surface area contributed by atoms with Gasteiger partial charge in [0.05, 0.1) is 4.92 Å². The summed E-state index contributed by atoms with van der Waals surface area (Å²) < 4.78 is 0. The molecule has 0 aliphatic rings. The summed E-state index contributed by atoms with van der Waals surface area (Å²) in [7, 11) is 0. The normalized spacial score (nSPS) is 12.8. The molecule has 0 aromatic carbocycles. The van der Waals surface area contributed by atoms with Crippen LogP contribution in [0.25, 0.3) is 0 Å². The molecule has 12 heavy (non-hydrogen) atoms. The zero-order chi connectivity index (χ0) is 9.56. The summed E-state index contributed by atoms with van der Waals surface area (Å²) >= 11 is 3.22. The predicted octanol–water partition coefficient (Wildman–Crippen LogP) is 2.67. The first-order valence-corrected chi connectivity index (χ1v) is 4.44. The van der Waals surface area contributed by atoms with Crippen molar-refractivity contribution in [1.82, 2.24) is 0 Å². The van der Waals surface area contributed by atoms with E-state index in [0.717, 1.165) is 5.57 Å². The molecule has 0 amide bonds. The van der Waals surface area contributed by atoms with Gasteiger partial charge in [0, 0.05) is 18.3 Å². The summed E-state index contributed by atoms with van der Waals surface area (Å²) in [5.74, 6) is 0. The fourth-order valence-electron chi connectivity index (χ4n) is 0.456. The summed E-state index contributed by atoms with van der Waals surface area (Å²) in [5, 5.41) is 10.8. The Morgan fingerprint density at radius 1 is 1.67 bits per heavy atom. The van der Waals surface area contributed by atoms with Crippen LogP contribution in [0.4, 0.5) is 0 Å². The van der Waals surface area contributed by atoms with Gasteiger partial charge >= 0.3 is 0 Å². The Morgan fingerprint density at radius 2 is 2.25 bits per heavy atom. The van der Waals surface area contributed by atoms with E-state index in [0.29, 0.717) is 5.33 Å². The number of alkyl halides is 1. The lowest BCUT2D eigenvalue weighted by molar-refractivity contribution is -0.424. The van der Waals surface area contributed by atoms with Crippen LogP contribution in [0.2, 0.25) is 0 Å². The maximum atomic E-state index is 10.2. The van der Waals surface area contributed by atoms with Gasteiger partial charge in [0.1, 0.15) is 0 Å². The lowest BCUT2D eigenvalue weighted by Crippen LogP contribution is -1.92. The summed E-state index contributed by atoms with van der Waals surface area (Å²) in [4.78, 5) is 9.73. The van der Waals surface area contributed by atoms with Gasteiger partial charge in [-0.1, -0.05) is 34.7 Å². The van der Waals surface area contributed by atoms with E-state index in [2.05, 4.69) is 22.5 Å². The number of halogens is 1. The van der Waals surface area contributed by atoms with Gasteiger partial charge in [-0.05, 0) is 5.57 Å². The van der Waals surface area contributed by atoms with Crippen LogP contribution in [-0.4, -0.2) is 10.3 Å². The zero-order valence-electron chi connectivity index (χ0n) is 6.79. The molecule has 3 nitrogen and oxygen atoms in total. The van der Waals surface area contributed by atoms with Crippen molar-refractivity contribution >= 4 is 15.9 Å². The molecule has 4 heteroatoms. The molecular formula is C8H10BrNO2. The van der Waals surface area contributed by atoms with Gasteiger partial charge in [-0.3, -0.25) is 10.1 Å². The molecule has 0 aromatic rings. The van der Waals surface area contributed by atoms with Gasteiger partial charge < -0.3 is 0 Å². The minimum Gasteiger partial charge on any atom is -0.259 e. The van der Waals surface area contributed by atoms with Gasteiger partial charge in [0.15, 0.2) is 0 Å². The molecule has 0 rings (SSSR count). The second kappa shape index (κ2) is 5.71. The Kier molecular flexibility index (Phi) is 5.28. The third-order valence-electron chi connectivity index (χ3n) is 1.24. The Bertz CT molecular complexity index is 237. The van der Waals surface area contributed by atoms with Crippen molar-refractivity contribution in [2.45, 2.75) is 6.92 Å². The van der Waals surface area contributed by atoms with E-state index in [4.69, 9.17) is 0 Å². The standard InChI is InChI=1S/C8H10BrNO2/c1-3-8(6-9)5-4-7(2)10(11)12/h3-5H,1,6H2,2H3/b7-4+,8-5+. The largest absolute Gasteiger partial charge is 0.259 e. The van der Waals surface area contributed by atoms with E-state index in [1.54, 1.807) is 12.2 Å². The molecule has 0 radical (unpaired) electrons. The van der Waals surface area contributed by atoms with Crippen molar-refractivity contribution in [2.75, 3.05) is 5.33 Å². The molecule has 0 aliphatic carbocycles. The van der Waals surface area contributed by atoms with E-state index in [9.17, 15) is 10.1 Å². The van der Waals surface area contributed by atoms with Gasteiger partial charge in [-0.25, -0.2) is 0 Å². The fourth-order valence-corrected chi connectivity index (χ4v) is 0.871. The minimum absolute atomic E-state index is 0.121. The number of nitro groups is 1. The molecule has 0 aromatic heterocycles. The van der Waals surface area contributed by atoms with Crippen LogP contribution in [-0.2, 0) is 0 Å². The highest BCUT2D eigenvalue weighted by molar-refractivity contribution is 9.09. The van der Waals surface area contributed by atoms with Gasteiger partial charge in [-0.15, -0.1) is 0 Å². The van der Waals surface area contributed by atoms with E-state index in [-0.39, 0.29) is 5.70 Å². The first-order valence-electron chi connectivity index (χ1n) is 3.32. The third kappa shape index (κ3) is 4.08. The van der Waals surface area contributed by atoms with Crippen LogP contribution < -0.4 is 0 Å². The van der Waals surface area contributed by atoms with Crippen LogP contribution in [0.15, 0.2) is 36.1 Å². The highest BCUT2D eigenvalue weighted by atomic mass is 79.9. The molecule has 0 N–H and O–H groups in total. The van der Waals surface area contributed by atoms with Crippen LogP contribution in [0, 0.1) is 10.1 Å². The minimum atomic E-state index is -0.425. The van der Waals surface area contributed by atoms with Crippen molar-refractivity contribution in [3.63, 3.8) is 0 Å². The van der Waals surface area contributed by atoms with E-state index in [1.807, 2.05) is 0 Å². The summed E-state index contributed by atoms with van der Waals surface area (Å²) in [6, 6.07) is 0. The van der Waals surface area contributed by atoms with Crippen LogP contribution >= 0.6 is 15.9 Å². The number of nitrogens with zero attached hydrogens (tertiary/aromatic N) is 1. The van der Waals surface area contributed by atoms with E-state index < -0.39 is 4.92 Å². The third-order valence-corrected chi connectivity index (χ3v) is 1.89. The first kappa shape index (κ1) is 11.1.